The summed E-state index contributed by atoms with van der Waals surface area (Å²) in [6, 6.07) is 12.1. The van der Waals surface area contributed by atoms with E-state index in [2.05, 4.69) is 0 Å². The Hall–Kier alpha value is -2.60. The molecule has 26 heavy (non-hydrogen) atoms. The zero-order chi connectivity index (χ0) is 18.7. The lowest BCUT2D eigenvalue weighted by atomic mass is 10.1. The van der Waals surface area contributed by atoms with Crippen LogP contribution in [-0.4, -0.2) is 31.6 Å². The molecule has 4 nitrogen and oxygen atoms in total. The Labute approximate surface area is 155 Å². The van der Waals surface area contributed by atoms with E-state index in [1.165, 1.54) is 17.4 Å². The number of amides is 1. The Morgan fingerprint density at radius 3 is 2.54 bits per heavy atom. The van der Waals surface area contributed by atoms with Gasteiger partial charge >= 0.3 is 0 Å². The third kappa shape index (κ3) is 3.51. The Morgan fingerprint density at radius 2 is 1.88 bits per heavy atom. The minimum Gasteiger partial charge on any atom is -0.493 e. The van der Waals surface area contributed by atoms with E-state index in [0.29, 0.717) is 34.9 Å². The molecule has 3 aromatic rings. The van der Waals surface area contributed by atoms with Crippen molar-refractivity contribution in [3.05, 3.63) is 58.7 Å². The minimum absolute atomic E-state index is 0.108. The Kier molecular flexibility index (Phi) is 5.42. The van der Waals surface area contributed by atoms with Crippen LogP contribution in [0.3, 0.4) is 0 Å². The lowest BCUT2D eigenvalue weighted by molar-refractivity contribution is 0.0757. The highest BCUT2D eigenvalue weighted by atomic mass is 32.1. The second-order valence-corrected chi connectivity index (χ2v) is 6.85. The summed E-state index contributed by atoms with van der Waals surface area (Å²) in [6.07, 6.45) is 0. The standard InChI is InChI=1S/C20H20FNO3S/c1-4-22(12-13-8-9-16(24-2)17(10-13)25-3)20(23)19-11-14-15(21)6-5-7-18(14)26-19/h5-11H,4,12H2,1-3H3. The van der Waals surface area contributed by atoms with Crippen molar-refractivity contribution in [1.82, 2.24) is 4.90 Å². The van der Waals surface area contributed by atoms with Crippen LogP contribution >= 0.6 is 11.3 Å². The summed E-state index contributed by atoms with van der Waals surface area (Å²) in [5.74, 6) is 0.853. The van der Waals surface area contributed by atoms with Crippen molar-refractivity contribution in [1.29, 1.82) is 0 Å². The van der Waals surface area contributed by atoms with E-state index in [-0.39, 0.29) is 11.7 Å². The number of benzene rings is 2. The first-order valence-corrected chi connectivity index (χ1v) is 9.07. The summed E-state index contributed by atoms with van der Waals surface area (Å²) >= 11 is 1.31. The molecule has 0 aliphatic heterocycles. The van der Waals surface area contributed by atoms with E-state index in [1.54, 1.807) is 31.3 Å². The monoisotopic (exact) mass is 373 g/mol. The number of fused-ring (bicyclic) bond motifs is 1. The predicted molar refractivity (Wildman–Crippen MR) is 102 cm³/mol. The number of thiophene rings is 1. The molecular formula is C20H20FNO3S. The number of nitrogens with zero attached hydrogens (tertiary/aromatic N) is 1. The van der Waals surface area contributed by atoms with E-state index in [1.807, 2.05) is 31.2 Å². The molecule has 2 aromatic carbocycles. The maximum Gasteiger partial charge on any atom is 0.264 e. The SMILES string of the molecule is CCN(Cc1ccc(OC)c(OC)c1)C(=O)c1cc2c(F)cccc2s1. The molecule has 0 spiro atoms. The van der Waals surface area contributed by atoms with Crippen LogP contribution in [0.5, 0.6) is 11.5 Å². The average molecular weight is 373 g/mol. The van der Waals surface area contributed by atoms with E-state index >= 15 is 0 Å². The summed E-state index contributed by atoms with van der Waals surface area (Å²) in [4.78, 5) is 15.2. The van der Waals surface area contributed by atoms with Gasteiger partial charge in [-0.2, -0.15) is 0 Å². The largest absolute Gasteiger partial charge is 0.493 e. The lowest BCUT2D eigenvalue weighted by Crippen LogP contribution is -2.29. The highest BCUT2D eigenvalue weighted by Gasteiger charge is 2.19. The normalized spacial score (nSPS) is 10.8. The van der Waals surface area contributed by atoms with Gasteiger partial charge in [0.15, 0.2) is 11.5 Å². The van der Waals surface area contributed by atoms with Crippen molar-refractivity contribution in [2.24, 2.45) is 0 Å². The van der Waals surface area contributed by atoms with Gasteiger partial charge in [-0.05, 0) is 42.8 Å². The highest BCUT2D eigenvalue weighted by Crippen LogP contribution is 2.30. The Morgan fingerprint density at radius 1 is 1.12 bits per heavy atom. The zero-order valence-corrected chi connectivity index (χ0v) is 15.7. The van der Waals surface area contributed by atoms with Crippen LogP contribution in [0.1, 0.15) is 22.2 Å². The van der Waals surface area contributed by atoms with Gasteiger partial charge in [-0.3, -0.25) is 4.79 Å². The molecule has 1 amide bonds. The smallest absolute Gasteiger partial charge is 0.264 e. The molecule has 0 radical (unpaired) electrons. The number of methoxy groups -OCH3 is 2. The van der Waals surface area contributed by atoms with Crippen molar-refractivity contribution in [2.45, 2.75) is 13.5 Å². The first-order chi connectivity index (χ1) is 12.6. The van der Waals surface area contributed by atoms with E-state index in [9.17, 15) is 9.18 Å². The van der Waals surface area contributed by atoms with Crippen LogP contribution in [-0.2, 0) is 6.54 Å². The van der Waals surface area contributed by atoms with Crippen LogP contribution in [0, 0.1) is 5.82 Å². The van der Waals surface area contributed by atoms with Gasteiger partial charge in [-0.15, -0.1) is 11.3 Å². The molecule has 0 saturated carbocycles. The predicted octanol–water partition coefficient (Wildman–Crippen LogP) is 4.72. The Bertz CT molecular complexity index is 938. The third-order valence-corrected chi connectivity index (χ3v) is 5.30. The second-order valence-electron chi connectivity index (χ2n) is 5.77. The number of ether oxygens (including phenoxy) is 2. The topological polar surface area (TPSA) is 38.8 Å². The van der Waals surface area contributed by atoms with Gasteiger partial charge in [0.2, 0.25) is 0 Å². The van der Waals surface area contributed by atoms with Crippen molar-refractivity contribution >= 4 is 27.3 Å². The van der Waals surface area contributed by atoms with Gasteiger partial charge in [0.1, 0.15) is 5.82 Å². The molecule has 0 aliphatic carbocycles. The molecular weight excluding hydrogens is 353 g/mol. The summed E-state index contributed by atoms with van der Waals surface area (Å²) < 4.78 is 25.2. The molecule has 0 unspecified atom stereocenters. The summed E-state index contributed by atoms with van der Waals surface area (Å²) in [5, 5.41) is 0.489. The minimum atomic E-state index is -0.305. The van der Waals surface area contributed by atoms with Crippen LogP contribution < -0.4 is 9.47 Å². The zero-order valence-electron chi connectivity index (χ0n) is 14.9. The molecule has 0 N–H and O–H groups in total. The van der Waals surface area contributed by atoms with Crippen molar-refractivity contribution < 1.29 is 18.7 Å². The number of hydrogen-bond donors (Lipinski definition) is 0. The molecule has 6 heteroatoms. The van der Waals surface area contributed by atoms with Gasteiger partial charge in [-0.1, -0.05) is 12.1 Å². The first-order valence-electron chi connectivity index (χ1n) is 8.25. The Balaban J connectivity index is 1.85. The molecule has 1 aromatic heterocycles. The number of rotatable bonds is 6. The van der Waals surface area contributed by atoms with Crippen LogP contribution in [0.2, 0.25) is 0 Å². The van der Waals surface area contributed by atoms with Crippen LogP contribution in [0.15, 0.2) is 42.5 Å². The van der Waals surface area contributed by atoms with Crippen LogP contribution in [0.25, 0.3) is 10.1 Å². The highest BCUT2D eigenvalue weighted by molar-refractivity contribution is 7.20. The van der Waals surface area contributed by atoms with Gasteiger partial charge < -0.3 is 14.4 Å². The van der Waals surface area contributed by atoms with Crippen molar-refractivity contribution in [3.8, 4) is 11.5 Å². The van der Waals surface area contributed by atoms with E-state index in [4.69, 9.17) is 9.47 Å². The molecule has 0 bridgehead atoms. The molecule has 0 fully saturated rings. The molecule has 0 aliphatic rings. The maximum atomic E-state index is 13.9. The quantitative estimate of drug-likeness (QED) is 0.628. The molecule has 0 saturated heterocycles. The first kappa shape index (κ1) is 18.2. The van der Waals surface area contributed by atoms with E-state index in [0.717, 1.165) is 10.3 Å². The average Bonchev–Trinajstić information content (AvgIpc) is 3.11. The maximum absolute atomic E-state index is 13.9. The number of carbonyl (C=O) groups is 1. The summed E-state index contributed by atoms with van der Waals surface area (Å²) in [5.41, 5.74) is 0.935. The van der Waals surface area contributed by atoms with Gasteiger partial charge in [0, 0.05) is 23.2 Å². The molecule has 1 heterocycles. The summed E-state index contributed by atoms with van der Waals surface area (Å²) in [7, 11) is 3.16. The van der Waals surface area contributed by atoms with Crippen molar-refractivity contribution in [2.75, 3.05) is 20.8 Å². The fourth-order valence-corrected chi connectivity index (χ4v) is 3.86. The summed E-state index contributed by atoms with van der Waals surface area (Å²) in [6.45, 7) is 2.91. The fourth-order valence-electron chi connectivity index (χ4n) is 2.81. The third-order valence-electron chi connectivity index (χ3n) is 4.21. The fraction of sp³-hybridized carbons (Fsp3) is 0.250. The lowest BCUT2D eigenvalue weighted by Gasteiger charge is -2.21. The van der Waals surface area contributed by atoms with Gasteiger partial charge in [-0.25, -0.2) is 4.39 Å². The number of halogens is 1. The number of hydrogen-bond acceptors (Lipinski definition) is 4. The van der Waals surface area contributed by atoms with Crippen LogP contribution in [0.4, 0.5) is 4.39 Å². The van der Waals surface area contributed by atoms with Gasteiger partial charge in [0.05, 0.1) is 19.1 Å². The van der Waals surface area contributed by atoms with Crippen molar-refractivity contribution in [3.63, 3.8) is 0 Å². The van der Waals surface area contributed by atoms with Gasteiger partial charge in [0.25, 0.3) is 5.91 Å². The molecule has 3 rings (SSSR count). The number of carbonyl (C=O) groups excluding carboxylic acids is 1. The molecule has 0 atom stereocenters. The second kappa shape index (κ2) is 7.74. The van der Waals surface area contributed by atoms with E-state index < -0.39 is 0 Å². The molecule has 136 valence electrons.